The molecule has 1 amide bonds. The number of ether oxygens (including phenoxy) is 1. The molecule has 3 heterocycles. The van der Waals surface area contributed by atoms with Gasteiger partial charge in [0.15, 0.2) is 5.76 Å². The molecule has 3 aromatic rings. The predicted octanol–water partition coefficient (Wildman–Crippen LogP) is 4.63. The molecule has 1 aliphatic rings. The first-order valence-electron chi connectivity index (χ1n) is 9.65. The second-order valence-electron chi connectivity index (χ2n) is 7.06. The molecule has 0 unspecified atom stereocenters. The van der Waals surface area contributed by atoms with Gasteiger partial charge >= 0.3 is 0 Å². The molecular formula is C22H21BrClN3O3. The highest BCUT2D eigenvalue weighted by molar-refractivity contribution is 9.10. The summed E-state index contributed by atoms with van der Waals surface area (Å²) in [6.07, 6.45) is 3.65. The number of nitrogens with zero attached hydrogens (tertiary/aromatic N) is 3. The summed E-state index contributed by atoms with van der Waals surface area (Å²) < 4.78 is 12.3. The zero-order valence-corrected chi connectivity index (χ0v) is 18.6. The Morgan fingerprint density at radius 3 is 2.73 bits per heavy atom. The third-order valence-electron chi connectivity index (χ3n) is 4.92. The van der Waals surface area contributed by atoms with Crippen molar-refractivity contribution in [3.05, 3.63) is 81.4 Å². The SMILES string of the molecule is O=C(c1ccc(COc2ccc(Br)cc2Cl)o1)N1CCN(Cc2cccnc2)CC1. The molecule has 156 valence electrons. The largest absolute Gasteiger partial charge is 0.484 e. The van der Waals surface area contributed by atoms with Gasteiger partial charge < -0.3 is 14.1 Å². The number of aromatic nitrogens is 1. The smallest absolute Gasteiger partial charge is 0.289 e. The van der Waals surface area contributed by atoms with Gasteiger partial charge in [-0.1, -0.05) is 33.6 Å². The van der Waals surface area contributed by atoms with Crippen LogP contribution in [0, 0.1) is 0 Å². The first-order valence-corrected chi connectivity index (χ1v) is 10.8. The van der Waals surface area contributed by atoms with E-state index in [9.17, 15) is 4.79 Å². The van der Waals surface area contributed by atoms with Crippen LogP contribution in [0.5, 0.6) is 5.75 Å². The van der Waals surface area contributed by atoms with Gasteiger partial charge in [-0.2, -0.15) is 0 Å². The van der Waals surface area contributed by atoms with Crippen molar-refractivity contribution in [3.8, 4) is 5.75 Å². The summed E-state index contributed by atoms with van der Waals surface area (Å²) in [7, 11) is 0. The molecule has 0 saturated carbocycles. The molecule has 0 atom stereocenters. The van der Waals surface area contributed by atoms with Crippen LogP contribution in [0.3, 0.4) is 0 Å². The molecule has 1 fully saturated rings. The minimum Gasteiger partial charge on any atom is -0.484 e. The van der Waals surface area contributed by atoms with Gasteiger partial charge in [0.2, 0.25) is 0 Å². The first-order chi connectivity index (χ1) is 14.6. The van der Waals surface area contributed by atoms with E-state index in [-0.39, 0.29) is 12.5 Å². The lowest BCUT2D eigenvalue weighted by Crippen LogP contribution is -2.48. The Labute approximate surface area is 188 Å². The van der Waals surface area contributed by atoms with Gasteiger partial charge in [0.1, 0.15) is 18.1 Å². The van der Waals surface area contributed by atoms with Crippen LogP contribution in [0.4, 0.5) is 0 Å². The quantitative estimate of drug-likeness (QED) is 0.504. The number of furan rings is 1. The second kappa shape index (κ2) is 9.64. The Morgan fingerprint density at radius 1 is 1.17 bits per heavy atom. The van der Waals surface area contributed by atoms with Crippen molar-refractivity contribution in [2.45, 2.75) is 13.2 Å². The van der Waals surface area contributed by atoms with E-state index in [1.807, 2.05) is 23.2 Å². The lowest BCUT2D eigenvalue weighted by Gasteiger charge is -2.34. The van der Waals surface area contributed by atoms with E-state index < -0.39 is 0 Å². The average molecular weight is 491 g/mol. The Bertz CT molecular complexity index is 1000. The van der Waals surface area contributed by atoms with E-state index >= 15 is 0 Å². The fourth-order valence-electron chi connectivity index (χ4n) is 3.33. The normalized spacial score (nSPS) is 14.7. The average Bonchev–Trinajstić information content (AvgIpc) is 3.23. The molecule has 4 rings (SSSR count). The maximum absolute atomic E-state index is 12.8. The van der Waals surface area contributed by atoms with Crippen molar-refractivity contribution in [1.29, 1.82) is 0 Å². The summed E-state index contributed by atoms with van der Waals surface area (Å²) in [5.41, 5.74) is 1.18. The van der Waals surface area contributed by atoms with Crippen molar-refractivity contribution >= 4 is 33.4 Å². The minimum atomic E-state index is -0.0936. The van der Waals surface area contributed by atoms with E-state index in [4.69, 9.17) is 20.8 Å². The Morgan fingerprint density at radius 2 is 2.00 bits per heavy atom. The number of halogens is 2. The monoisotopic (exact) mass is 489 g/mol. The van der Waals surface area contributed by atoms with Crippen LogP contribution in [0.25, 0.3) is 0 Å². The highest BCUT2D eigenvalue weighted by Gasteiger charge is 2.24. The molecule has 0 N–H and O–H groups in total. The fourth-order valence-corrected chi connectivity index (χ4v) is 4.05. The number of benzene rings is 1. The minimum absolute atomic E-state index is 0.0936. The van der Waals surface area contributed by atoms with E-state index in [1.54, 1.807) is 30.5 Å². The Kier molecular flexibility index (Phi) is 6.72. The Hall–Kier alpha value is -2.35. The standard InChI is InChI=1S/C22H21BrClN3O3/c23-17-3-5-20(19(24)12-17)29-15-18-4-6-21(30-18)22(28)27-10-8-26(9-11-27)14-16-2-1-7-25-13-16/h1-7,12-13H,8-11,14-15H2. The molecular weight excluding hydrogens is 470 g/mol. The fraction of sp³-hybridized carbons (Fsp3) is 0.273. The van der Waals surface area contributed by atoms with Gasteiger partial charge in [0.05, 0.1) is 5.02 Å². The van der Waals surface area contributed by atoms with Crippen LogP contribution >= 0.6 is 27.5 Å². The molecule has 0 radical (unpaired) electrons. The lowest BCUT2D eigenvalue weighted by atomic mass is 10.2. The van der Waals surface area contributed by atoms with Gasteiger partial charge in [-0.3, -0.25) is 14.7 Å². The maximum Gasteiger partial charge on any atom is 0.289 e. The van der Waals surface area contributed by atoms with Crippen LogP contribution in [-0.2, 0) is 13.2 Å². The van der Waals surface area contributed by atoms with E-state index in [0.29, 0.717) is 35.4 Å². The summed E-state index contributed by atoms with van der Waals surface area (Å²) in [5.74, 6) is 1.38. The van der Waals surface area contributed by atoms with E-state index in [1.165, 1.54) is 5.56 Å². The van der Waals surface area contributed by atoms with E-state index in [0.717, 1.165) is 24.1 Å². The number of carbonyl (C=O) groups excluding carboxylic acids is 1. The maximum atomic E-state index is 12.8. The van der Waals surface area contributed by atoms with Crippen molar-refractivity contribution in [2.24, 2.45) is 0 Å². The number of pyridine rings is 1. The molecule has 8 heteroatoms. The highest BCUT2D eigenvalue weighted by atomic mass is 79.9. The molecule has 30 heavy (non-hydrogen) atoms. The van der Waals surface area contributed by atoms with Crippen LogP contribution in [0.2, 0.25) is 5.02 Å². The third kappa shape index (κ3) is 5.22. The van der Waals surface area contributed by atoms with Crippen molar-refractivity contribution in [3.63, 3.8) is 0 Å². The number of hydrogen-bond donors (Lipinski definition) is 0. The molecule has 0 spiro atoms. The van der Waals surface area contributed by atoms with Crippen LogP contribution in [0.1, 0.15) is 21.9 Å². The van der Waals surface area contributed by atoms with Gasteiger partial charge in [0, 0.05) is 49.6 Å². The highest BCUT2D eigenvalue weighted by Crippen LogP contribution is 2.28. The van der Waals surface area contributed by atoms with Gasteiger partial charge in [-0.15, -0.1) is 0 Å². The molecule has 1 saturated heterocycles. The summed E-state index contributed by atoms with van der Waals surface area (Å²) in [6.45, 7) is 4.02. The molecule has 1 aliphatic heterocycles. The molecule has 0 bridgehead atoms. The number of rotatable bonds is 6. The van der Waals surface area contributed by atoms with E-state index in [2.05, 4.69) is 31.9 Å². The summed E-state index contributed by atoms with van der Waals surface area (Å²) in [4.78, 5) is 21.1. The van der Waals surface area contributed by atoms with Crippen LogP contribution < -0.4 is 4.74 Å². The van der Waals surface area contributed by atoms with Crippen molar-refractivity contribution in [2.75, 3.05) is 26.2 Å². The van der Waals surface area contributed by atoms with Gasteiger partial charge in [-0.05, 0) is 42.0 Å². The Balaban J connectivity index is 1.29. The third-order valence-corrected chi connectivity index (χ3v) is 5.71. The first kappa shape index (κ1) is 20.9. The number of carbonyl (C=O) groups is 1. The summed E-state index contributed by atoms with van der Waals surface area (Å²) in [6, 6.07) is 12.9. The second-order valence-corrected chi connectivity index (χ2v) is 8.38. The van der Waals surface area contributed by atoms with Crippen molar-refractivity contribution in [1.82, 2.24) is 14.8 Å². The van der Waals surface area contributed by atoms with Crippen LogP contribution in [-0.4, -0.2) is 46.9 Å². The molecule has 0 aliphatic carbocycles. The van der Waals surface area contributed by atoms with Crippen molar-refractivity contribution < 1.29 is 13.9 Å². The number of hydrogen-bond acceptors (Lipinski definition) is 5. The molecule has 2 aromatic heterocycles. The topological polar surface area (TPSA) is 58.8 Å². The molecule has 6 nitrogen and oxygen atoms in total. The summed E-state index contributed by atoms with van der Waals surface area (Å²) in [5, 5.41) is 0.511. The summed E-state index contributed by atoms with van der Waals surface area (Å²) >= 11 is 9.52. The van der Waals surface area contributed by atoms with Crippen LogP contribution in [0.15, 0.2) is 63.7 Å². The predicted molar refractivity (Wildman–Crippen MR) is 118 cm³/mol. The molecule has 1 aromatic carbocycles. The number of amides is 1. The zero-order valence-electron chi connectivity index (χ0n) is 16.3. The lowest BCUT2D eigenvalue weighted by molar-refractivity contribution is 0.0594. The number of piperazine rings is 1. The zero-order chi connectivity index (χ0) is 20.9. The van der Waals surface area contributed by atoms with Gasteiger partial charge in [-0.25, -0.2) is 0 Å². The van der Waals surface area contributed by atoms with Gasteiger partial charge in [0.25, 0.3) is 5.91 Å².